The summed E-state index contributed by atoms with van der Waals surface area (Å²) in [5.74, 6) is -0.492. The first-order valence-electron chi connectivity index (χ1n) is 9.63. The molecule has 1 saturated carbocycles. The van der Waals surface area contributed by atoms with Gasteiger partial charge in [0.25, 0.3) is 5.91 Å². The number of ether oxygens (including phenoxy) is 2. The number of alkyl halides is 3. The van der Waals surface area contributed by atoms with Crippen LogP contribution in [0, 0.1) is 5.92 Å². The molecule has 11 heteroatoms. The van der Waals surface area contributed by atoms with Gasteiger partial charge in [0.15, 0.2) is 0 Å². The zero-order chi connectivity index (χ0) is 22.4. The zero-order valence-corrected chi connectivity index (χ0v) is 17.8. The van der Waals surface area contributed by atoms with Gasteiger partial charge in [0, 0.05) is 22.6 Å². The Morgan fingerprint density at radius 1 is 1.32 bits per heavy atom. The van der Waals surface area contributed by atoms with E-state index in [0.717, 1.165) is 5.56 Å². The number of fused-ring (bicyclic) bond motifs is 2. The van der Waals surface area contributed by atoms with Gasteiger partial charge < -0.3 is 14.4 Å². The first kappa shape index (κ1) is 22.0. The lowest BCUT2D eigenvalue weighted by Gasteiger charge is -2.21. The van der Waals surface area contributed by atoms with Gasteiger partial charge in [-0.3, -0.25) is 4.79 Å². The molecule has 1 aliphatic heterocycles. The number of nitrogens with zero attached hydrogens (tertiary/aromatic N) is 1. The maximum Gasteiger partial charge on any atom is 0.573 e. The van der Waals surface area contributed by atoms with Gasteiger partial charge in [0.1, 0.15) is 18.1 Å². The summed E-state index contributed by atoms with van der Waals surface area (Å²) in [7, 11) is 1.59. The van der Waals surface area contributed by atoms with Crippen molar-refractivity contribution in [3.05, 3.63) is 53.3 Å². The molecule has 1 aromatic carbocycles. The van der Waals surface area contributed by atoms with Crippen LogP contribution >= 0.6 is 10.7 Å². The largest absolute Gasteiger partial charge is 0.573 e. The van der Waals surface area contributed by atoms with Gasteiger partial charge in [-0.25, -0.2) is 8.42 Å². The van der Waals surface area contributed by atoms with E-state index in [-0.39, 0.29) is 42.9 Å². The minimum absolute atomic E-state index is 0.153. The molecule has 6 nitrogen and oxygen atoms in total. The molecule has 31 heavy (non-hydrogen) atoms. The molecule has 0 aromatic heterocycles. The molecule has 0 saturated heterocycles. The fourth-order valence-electron chi connectivity index (χ4n) is 4.11. The SMILES string of the molecule is O=C1c2cc(C34C=CC(OC(F)(F)F)=CC3C4)ccc2OCCN1CCCS(=O)(=O)Cl. The lowest BCUT2D eigenvalue weighted by Crippen LogP contribution is -2.34. The first-order valence-corrected chi connectivity index (χ1v) is 12.1. The van der Waals surface area contributed by atoms with Crippen molar-refractivity contribution >= 4 is 25.6 Å². The van der Waals surface area contributed by atoms with E-state index in [9.17, 15) is 26.4 Å². The second-order valence-electron chi connectivity index (χ2n) is 7.75. The molecular weight excluding hydrogens is 459 g/mol. The third kappa shape index (κ3) is 4.85. The van der Waals surface area contributed by atoms with Crippen molar-refractivity contribution in [1.29, 1.82) is 0 Å². The van der Waals surface area contributed by atoms with Gasteiger partial charge >= 0.3 is 6.36 Å². The summed E-state index contributed by atoms with van der Waals surface area (Å²) in [5.41, 5.74) is 0.674. The number of halogens is 4. The topological polar surface area (TPSA) is 72.9 Å². The van der Waals surface area contributed by atoms with Crippen molar-refractivity contribution in [2.24, 2.45) is 5.92 Å². The Hall–Kier alpha value is -2.20. The number of amides is 1. The summed E-state index contributed by atoms with van der Waals surface area (Å²) >= 11 is 0. The van der Waals surface area contributed by atoms with Crippen molar-refractivity contribution in [2.75, 3.05) is 25.4 Å². The Morgan fingerprint density at radius 2 is 2.10 bits per heavy atom. The van der Waals surface area contributed by atoms with Gasteiger partial charge in [-0.15, -0.1) is 13.2 Å². The standard InChI is InChI=1S/C20H19ClF3NO5S/c21-31(27,28)9-1-6-25-7-8-29-17-3-2-13(11-16(17)18(25)26)19-5-4-15(10-14(19)12-19)30-20(22,23)24/h2-5,10-11,14H,1,6-9,12H2. The molecule has 168 valence electrons. The van der Waals surface area contributed by atoms with Crippen LogP contribution in [0.15, 0.2) is 42.2 Å². The number of hydrogen-bond acceptors (Lipinski definition) is 5. The highest BCUT2D eigenvalue weighted by molar-refractivity contribution is 8.13. The van der Waals surface area contributed by atoms with Crippen LogP contribution < -0.4 is 4.74 Å². The van der Waals surface area contributed by atoms with E-state index in [1.165, 1.54) is 17.1 Å². The van der Waals surface area contributed by atoms with E-state index in [2.05, 4.69) is 4.74 Å². The summed E-state index contributed by atoms with van der Waals surface area (Å²) in [5, 5.41) is 0. The van der Waals surface area contributed by atoms with Crippen LogP contribution in [0.2, 0.25) is 0 Å². The van der Waals surface area contributed by atoms with E-state index >= 15 is 0 Å². The average molecular weight is 478 g/mol. The van der Waals surface area contributed by atoms with Crippen molar-refractivity contribution in [3.8, 4) is 5.75 Å². The number of hydrogen-bond donors (Lipinski definition) is 0. The highest BCUT2D eigenvalue weighted by Gasteiger charge is 2.54. The Kier molecular flexibility index (Phi) is 5.49. The third-order valence-corrected chi connectivity index (χ3v) is 6.91. The van der Waals surface area contributed by atoms with Gasteiger partial charge in [-0.1, -0.05) is 12.1 Å². The molecule has 2 atom stereocenters. The average Bonchev–Trinajstić information content (AvgIpc) is 3.40. The highest BCUT2D eigenvalue weighted by atomic mass is 35.7. The normalized spacial score (nSPS) is 25.2. The lowest BCUT2D eigenvalue weighted by atomic mass is 9.88. The highest BCUT2D eigenvalue weighted by Crippen LogP contribution is 2.59. The first-order chi connectivity index (χ1) is 14.5. The molecule has 0 spiro atoms. The Labute approximate surface area is 181 Å². The van der Waals surface area contributed by atoms with Crippen molar-refractivity contribution in [1.82, 2.24) is 4.90 Å². The maximum absolute atomic E-state index is 13.0. The molecule has 0 N–H and O–H groups in total. The van der Waals surface area contributed by atoms with Crippen LogP contribution in [0.25, 0.3) is 0 Å². The second-order valence-corrected chi connectivity index (χ2v) is 10.6. The molecule has 3 aliphatic rings. The molecule has 2 aliphatic carbocycles. The predicted molar refractivity (Wildman–Crippen MR) is 106 cm³/mol. The number of carbonyl (C=O) groups excluding carboxylic acids is 1. The number of carbonyl (C=O) groups is 1. The molecule has 1 fully saturated rings. The third-order valence-electron chi connectivity index (χ3n) is 5.67. The molecule has 4 rings (SSSR count). The summed E-state index contributed by atoms with van der Waals surface area (Å²) < 4.78 is 69.3. The van der Waals surface area contributed by atoms with E-state index in [0.29, 0.717) is 24.3 Å². The quantitative estimate of drug-likeness (QED) is 0.584. The molecule has 1 amide bonds. The Balaban J connectivity index is 1.52. The fourth-order valence-corrected chi connectivity index (χ4v) is 4.91. The summed E-state index contributed by atoms with van der Waals surface area (Å²) in [6.07, 6.45) is 0.514. The molecule has 1 aromatic rings. The summed E-state index contributed by atoms with van der Waals surface area (Å²) in [4.78, 5) is 14.6. The zero-order valence-electron chi connectivity index (χ0n) is 16.2. The van der Waals surface area contributed by atoms with Gasteiger partial charge in [-0.2, -0.15) is 0 Å². The van der Waals surface area contributed by atoms with Gasteiger partial charge in [0.05, 0.1) is 17.9 Å². The second kappa shape index (κ2) is 7.74. The fraction of sp³-hybridized carbons (Fsp3) is 0.450. The van der Waals surface area contributed by atoms with Gasteiger partial charge in [0.2, 0.25) is 9.05 Å². The number of rotatable bonds is 6. The Bertz CT molecular complexity index is 1070. The lowest BCUT2D eigenvalue weighted by molar-refractivity contribution is -0.303. The van der Waals surface area contributed by atoms with Crippen molar-refractivity contribution in [2.45, 2.75) is 24.6 Å². The smallest absolute Gasteiger partial charge is 0.491 e. The molecule has 1 heterocycles. The molecular formula is C20H19ClF3NO5S. The minimum Gasteiger partial charge on any atom is -0.491 e. The van der Waals surface area contributed by atoms with E-state index in [1.807, 2.05) is 6.07 Å². The molecule has 0 radical (unpaired) electrons. The van der Waals surface area contributed by atoms with E-state index in [1.54, 1.807) is 18.2 Å². The van der Waals surface area contributed by atoms with E-state index < -0.39 is 20.8 Å². The molecule has 0 bridgehead atoms. The minimum atomic E-state index is -4.74. The Morgan fingerprint density at radius 3 is 2.77 bits per heavy atom. The predicted octanol–water partition coefficient (Wildman–Crippen LogP) is 3.73. The summed E-state index contributed by atoms with van der Waals surface area (Å²) in [6, 6.07) is 5.22. The maximum atomic E-state index is 13.0. The molecule has 2 unspecified atom stereocenters. The van der Waals surface area contributed by atoms with Crippen molar-refractivity contribution < 1.29 is 35.9 Å². The van der Waals surface area contributed by atoms with Crippen LogP contribution in [0.1, 0.15) is 28.8 Å². The number of allylic oxidation sites excluding steroid dienone is 3. The van der Waals surface area contributed by atoms with Gasteiger partial charge in [-0.05, 0) is 48.6 Å². The number of benzene rings is 1. The summed E-state index contributed by atoms with van der Waals surface area (Å²) in [6.45, 7) is 0.784. The monoisotopic (exact) mass is 477 g/mol. The van der Waals surface area contributed by atoms with Crippen LogP contribution in [-0.2, 0) is 19.2 Å². The van der Waals surface area contributed by atoms with Crippen LogP contribution in [0.5, 0.6) is 5.75 Å². The van der Waals surface area contributed by atoms with Crippen LogP contribution in [-0.4, -0.2) is 51.0 Å². The van der Waals surface area contributed by atoms with Crippen molar-refractivity contribution in [3.63, 3.8) is 0 Å². The van der Waals surface area contributed by atoms with Crippen LogP contribution in [0.3, 0.4) is 0 Å². The van der Waals surface area contributed by atoms with E-state index in [4.69, 9.17) is 15.4 Å². The van der Waals surface area contributed by atoms with Crippen LogP contribution in [0.4, 0.5) is 13.2 Å².